The summed E-state index contributed by atoms with van der Waals surface area (Å²) in [5.41, 5.74) is 0. The Kier molecular flexibility index (Phi) is 6.07. The van der Waals surface area contributed by atoms with Crippen LogP contribution in [-0.2, 0) is 9.53 Å². The number of esters is 1. The molecular formula is C10H16O2. The molecule has 0 aromatic carbocycles. The molecule has 0 amide bonds. The van der Waals surface area contributed by atoms with Gasteiger partial charge >= 0.3 is 5.97 Å². The summed E-state index contributed by atoms with van der Waals surface area (Å²) >= 11 is 0. The lowest BCUT2D eigenvalue weighted by atomic mass is 10.4. The number of ether oxygens (including phenoxy) is 1. The van der Waals surface area contributed by atoms with Crippen LogP contribution in [-0.4, -0.2) is 5.97 Å². The van der Waals surface area contributed by atoms with Crippen molar-refractivity contribution in [2.45, 2.75) is 33.1 Å². The molecule has 1 aliphatic carbocycles. The Morgan fingerprint density at radius 1 is 1.33 bits per heavy atom. The van der Waals surface area contributed by atoms with Gasteiger partial charge in [0.25, 0.3) is 0 Å². The monoisotopic (exact) mass is 168 g/mol. The minimum absolute atomic E-state index is 0.312. The van der Waals surface area contributed by atoms with Crippen LogP contribution >= 0.6 is 0 Å². The first kappa shape index (κ1) is 11.0. The number of hydrogen-bond donors (Lipinski definition) is 0. The van der Waals surface area contributed by atoms with Gasteiger partial charge in [-0.2, -0.15) is 0 Å². The van der Waals surface area contributed by atoms with E-state index in [0.29, 0.717) is 5.76 Å². The predicted molar refractivity (Wildman–Crippen MR) is 49.6 cm³/mol. The molecule has 0 spiro atoms. The highest BCUT2D eigenvalue weighted by Gasteiger charge is 1.87. The summed E-state index contributed by atoms with van der Waals surface area (Å²) in [6.07, 6.45) is 8.50. The third kappa shape index (κ3) is 8.95. The smallest absolute Gasteiger partial charge is 0.307 e. The third-order valence-electron chi connectivity index (χ3n) is 1.23. The third-order valence-corrected chi connectivity index (χ3v) is 1.23. The van der Waals surface area contributed by atoms with E-state index >= 15 is 0 Å². The first-order valence-corrected chi connectivity index (χ1v) is 4.12. The molecule has 0 aromatic heterocycles. The van der Waals surface area contributed by atoms with Crippen LogP contribution in [0, 0.1) is 0 Å². The largest absolute Gasteiger partial charge is 0.432 e. The lowest BCUT2D eigenvalue weighted by Crippen LogP contribution is -1.93. The summed E-state index contributed by atoms with van der Waals surface area (Å²) < 4.78 is 4.42. The van der Waals surface area contributed by atoms with Gasteiger partial charge in [0.2, 0.25) is 0 Å². The van der Waals surface area contributed by atoms with E-state index in [9.17, 15) is 4.79 Å². The van der Waals surface area contributed by atoms with Gasteiger partial charge in [0.1, 0.15) is 0 Å². The van der Waals surface area contributed by atoms with Crippen molar-refractivity contribution in [2.75, 3.05) is 0 Å². The molecule has 0 saturated heterocycles. The molecule has 0 aromatic rings. The standard InChI is InChI=1S/C5H8O2.C5H8/c1-4(2)7-5(3)6;1-2-4-5-3-1/h1H2,2-3H3;1-2H,3-5H2. The van der Waals surface area contributed by atoms with Crippen LogP contribution in [0.25, 0.3) is 0 Å². The molecule has 68 valence electrons. The zero-order valence-corrected chi connectivity index (χ0v) is 7.80. The van der Waals surface area contributed by atoms with Crippen LogP contribution in [0.3, 0.4) is 0 Å². The Bertz CT molecular complexity index is 162. The highest BCUT2D eigenvalue weighted by molar-refractivity contribution is 5.67. The first-order chi connectivity index (χ1) is 5.63. The van der Waals surface area contributed by atoms with Crippen LogP contribution in [0.4, 0.5) is 0 Å². The Hall–Kier alpha value is -1.05. The van der Waals surface area contributed by atoms with Gasteiger partial charge in [0, 0.05) is 6.92 Å². The van der Waals surface area contributed by atoms with Crippen LogP contribution in [0.15, 0.2) is 24.5 Å². The molecule has 1 aliphatic rings. The summed E-state index contributed by atoms with van der Waals surface area (Å²) in [4.78, 5) is 9.97. The Labute approximate surface area is 73.9 Å². The van der Waals surface area contributed by atoms with Gasteiger partial charge in [0.05, 0.1) is 5.76 Å². The van der Waals surface area contributed by atoms with E-state index in [1.54, 1.807) is 6.92 Å². The van der Waals surface area contributed by atoms with Crippen molar-refractivity contribution in [1.29, 1.82) is 0 Å². The number of carbonyl (C=O) groups excluding carboxylic acids is 1. The molecule has 1 rings (SSSR count). The molecule has 2 heteroatoms. The lowest BCUT2D eigenvalue weighted by molar-refractivity contribution is -0.136. The van der Waals surface area contributed by atoms with Gasteiger partial charge in [-0.05, 0) is 26.2 Å². The van der Waals surface area contributed by atoms with Gasteiger partial charge in [-0.3, -0.25) is 4.79 Å². The summed E-state index contributed by atoms with van der Waals surface area (Å²) in [6, 6.07) is 0. The summed E-state index contributed by atoms with van der Waals surface area (Å²) in [5, 5.41) is 0. The van der Waals surface area contributed by atoms with Crippen LogP contribution in [0.5, 0.6) is 0 Å². The Balaban J connectivity index is 0.000000211. The van der Waals surface area contributed by atoms with Crippen molar-refractivity contribution in [1.82, 2.24) is 0 Å². The summed E-state index contributed by atoms with van der Waals surface area (Å²) in [7, 11) is 0. The second-order valence-electron chi connectivity index (χ2n) is 2.70. The quantitative estimate of drug-likeness (QED) is 0.342. The molecular weight excluding hydrogens is 152 g/mol. The van der Waals surface area contributed by atoms with Crippen LogP contribution in [0.1, 0.15) is 33.1 Å². The molecule has 0 fully saturated rings. The van der Waals surface area contributed by atoms with E-state index in [2.05, 4.69) is 23.5 Å². The zero-order chi connectivity index (χ0) is 9.40. The molecule has 0 bridgehead atoms. The fourth-order valence-electron chi connectivity index (χ4n) is 0.835. The average Bonchev–Trinajstić information content (AvgIpc) is 2.36. The Morgan fingerprint density at radius 3 is 1.92 bits per heavy atom. The topological polar surface area (TPSA) is 26.3 Å². The second-order valence-corrected chi connectivity index (χ2v) is 2.70. The van der Waals surface area contributed by atoms with E-state index in [-0.39, 0.29) is 5.97 Å². The van der Waals surface area contributed by atoms with Crippen molar-refractivity contribution in [3.63, 3.8) is 0 Å². The molecule has 0 unspecified atom stereocenters. The first-order valence-electron chi connectivity index (χ1n) is 4.12. The lowest BCUT2D eigenvalue weighted by Gasteiger charge is -1.93. The number of carbonyl (C=O) groups is 1. The fourth-order valence-corrected chi connectivity index (χ4v) is 0.835. The maximum absolute atomic E-state index is 9.97. The normalized spacial score (nSPS) is 13.2. The molecule has 0 N–H and O–H groups in total. The van der Waals surface area contributed by atoms with Gasteiger partial charge in [-0.1, -0.05) is 18.7 Å². The average molecular weight is 168 g/mol. The van der Waals surface area contributed by atoms with Gasteiger partial charge in [0.15, 0.2) is 0 Å². The van der Waals surface area contributed by atoms with E-state index in [0.717, 1.165) is 0 Å². The van der Waals surface area contributed by atoms with Crippen LogP contribution < -0.4 is 0 Å². The van der Waals surface area contributed by atoms with E-state index < -0.39 is 0 Å². The fraction of sp³-hybridized carbons (Fsp3) is 0.500. The molecule has 2 nitrogen and oxygen atoms in total. The van der Waals surface area contributed by atoms with Crippen LogP contribution in [0.2, 0.25) is 0 Å². The maximum atomic E-state index is 9.97. The zero-order valence-electron chi connectivity index (χ0n) is 7.80. The number of rotatable bonds is 1. The van der Waals surface area contributed by atoms with Gasteiger partial charge in [-0.15, -0.1) is 0 Å². The summed E-state index contributed by atoms with van der Waals surface area (Å²) in [5.74, 6) is 0.125. The molecule has 0 atom stereocenters. The number of hydrogen-bond acceptors (Lipinski definition) is 2. The van der Waals surface area contributed by atoms with Crippen molar-refractivity contribution in [2.24, 2.45) is 0 Å². The minimum Gasteiger partial charge on any atom is -0.432 e. The maximum Gasteiger partial charge on any atom is 0.307 e. The second kappa shape index (κ2) is 6.65. The predicted octanol–water partition coefficient (Wildman–Crippen LogP) is 2.81. The molecule has 0 aliphatic heterocycles. The van der Waals surface area contributed by atoms with E-state index in [4.69, 9.17) is 0 Å². The minimum atomic E-state index is -0.312. The Morgan fingerprint density at radius 2 is 1.83 bits per heavy atom. The molecule has 0 heterocycles. The highest BCUT2D eigenvalue weighted by Crippen LogP contribution is 2.05. The highest BCUT2D eigenvalue weighted by atomic mass is 16.5. The molecule has 0 radical (unpaired) electrons. The van der Waals surface area contributed by atoms with Crippen molar-refractivity contribution in [3.8, 4) is 0 Å². The van der Waals surface area contributed by atoms with E-state index in [1.165, 1.54) is 26.2 Å². The van der Waals surface area contributed by atoms with Crippen molar-refractivity contribution >= 4 is 5.97 Å². The SMILES string of the molecule is C1=CCCC1.C=C(C)OC(C)=O. The summed E-state index contributed by atoms with van der Waals surface area (Å²) in [6.45, 7) is 6.32. The van der Waals surface area contributed by atoms with Crippen molar-refractivity contribution in [3.05, 3.63) is 24.5 Å². The molecule has 12 heavy (non-hydrogen) atoms. The van der Waals surface area contributed by atoms with Gasteiger partial charge < -0.3 is 4.74 Å². The molecule has 0 saturated carbocycles. The van der Waals surface area contributed by atoms with Crippen molar-refractivity contribution < 1.29 is 9.53 Å². The van der Waals surface area contributed by atoms with Gasteiger partial charge in [-0.25, -0.2) is 0 Å². The van der Waals surface area contributed by atoms with E-state index in [1.807, 2.05) is 0 Å². The number of allylic oxidation sites excluding steroid dienone is 3.